The summed E-state index contributed by atoms with van der Waals surface area (Å²) in [7, 11) is -3.29. The molecule has 1 N–H and O–H groups in total. The molecule has 0 saturated heterocycles. The van der Waals surface area contributed by atoms with Crippen LogP contribution in [0.4, 0.5) is 5.69 Å². The Morgan fingerprint density at radius 3 is 2.37 bits per heavy atom. The molecule has 1 aliphatic rings. The van der Waals surface area contributed by atoms with Gasteiger partial charge in [-0.15, -0.1) is 0 Å². The molecule has 0 bridgehead atoms. The maximum absolute atomic E-state index is 12.6. The van der Waals surface area contributed by atoms with Crippen molar-refractivity contribution in [2.75, 3.05) is 5.32 Å². The number of benzene rings is 2. The van der Waals surface area contributed by atoms with Crippen LogP contribution in [0.3, 0.4) is 0 Å². The van der Waals surface area contributed by atoms with E-state index in [1.807, 2.05) is 30.3 Å². The molecule has 0 atom stereocenters. The lowest BCUT2D eigenvalue weighted by atomic mass is 10.2. The van der Waals surface area contributed by atoms with Gasteiger partial charge in [0.1, 0.15) is 5.69 Å². The molecule has 27 heavy (non-hydrogen) atoms. The second-order valence-electron chi connectivity index (χ2n) is 6.82. The first-order valence-corrected chi connectivity index (χ1v) is 10.6. The number of carbonyl (C=O) groups excluding carboxylic acids is 1. The van der Waals surface area contributed by atoms with Crippen LogP contribution in [0.2, 0.25) is 0 Å². The molecule has 1 aliphatic carbocycles. The zero-order valence-electron chi connectivity index (χ0n) is 14.8. The van der Waals surface area contributed by atoms with Crippen molar-refractivity contribution in [2.24, 2.45) is 0 Å². The van der Waals surface area contributed by atoms with Crippen molar-refractivity contribution in [1.82, 2.24) is 4.98 Å². The van der Waals surface area contributed by atoms with E-state index in [-0.39, 0.29) is 11.2 Å². The normalized spacial score (nSPS) is 15.1. The predicted molar refractivity (Wildman–Crippen MR) is 106 cm³/mol. The van der Waals surface area contributed by atoms with Crippen molar-refractivity contribution >= 4 is 32.3 Å². The van der Waals surface area contributed by atoms with Gasteiger partial charge in [-0.2, -0.15) is 0 Å². The molecule has 1 aromatic heterocycles. The Labute approximate surface area is 158 Å². The monoisotopic (exact) mass is 380 g/mol. The fourth-order valence-electron chi connectivity index (χ4n) is 3.51. The molecule has 6 heteroatoms. The maximum atomic E-state index is 12.6. The molecule has 1 heterocycles. The average molecular weight is 380 g/mol. The molecular formula is C21H20N2O3S. The largest absolute Gasteiger partial charge is 0.321 e. The third kappa shape index (κ3) is 3.57. The molecule has 0 aliphatic heterocycles. The minimum atomic E-state index is -3.29. The number of anilines is 1. The molecule has 1 fully saturated rings. The van der Waals surface area contributed by atoms with Crippen LogP contribution in [-0.2, 0) is 9.84 Å². The zero-order chi connectivity index (χ0) is 18.9. The van der Waals surface area contributed by atoms with Crippen LogP contribution in [-0.4, -0.2) is 24.6 Å². The number of sulfone groups is 1. The first-order valence-electron chi connectivity index (χ1n) is 9.05. The summed E-state index contributed by atoms with van der Waals surface area (Å²) in [5.41, 5.74) is 1.61. The molecule has 0 radical (unpaired) electrons. The van der Waals surface area contributed by atoms with Crippen LogP contribution >= 0.6 is 0 Å². The summed E-state index contributed by atoms with van der Waals surface area (Å²) < 4.78 is 25.2. The first kappa shape index (κ1) is 17.7. The first-order chi connectivity index (χ1) is 13.0. The standard InChI is InChI=1S/C21H20N2O3S/c24-21(20-14-9-15-5-1-4-8-19(15)23-20)22-16-10-12-18(13-11-16)27(25,26)17-6-2-3-7-17/h1,4-5,8-14,17H,2-3,6-7H2,(H,22,24). The Kier molecular flexibility index (Phi) is 4.66. The van der Waals surface area contributed by atoms with Crippen LogP contribution in [0.5, 0.6) is 0 Å². The van der Waals surface area contributed by atoms with Gasteiger partial charge in [0.15, 0.2) is 9.84 Å². The van der Waals surface area contributed by atoms with Gasteiger partial charge in [0.2, 0.25) is 0 Å². The second kappa shape index (κ2) is 7.12. The minimum absolute atomic E-state index is 0.278. The van der Waals surface area contributed by atoms with E-state index in [2.05, 4.69) is 10.3 Å². The number of aromatic nitrogens is 1. The van der Waals surface area contributed by atoms with Gasteiger partial charge in [-0.3, -0.25) is 4.79 Å². The Balaban J connectivity index is 1.51. The maximum Gasteiger partial charge on any atom is 0.274 e. The highest BCUT2D eigenvalue weighted by atomic mass is 32.2. The van der Waals surface area contributed by atoms with E-state index in [9.17, 15) is 13.2 Å². The van der Waals surface area contributed by atoms with E-state index in [0.29, 0.717) is 16.3 Å². The molecule has 5 nitrogen and oxygen atoms in total. The van der Waals surface area contributed by atoms with Gasteiger partial charge in [0.05, 0.1) is 15.7 Å². The number of fused-ring (bicyclic) bond motifs is 1. The summed E-state index contributed by atoms with van der Waals surface area (Å²) in [6, 6.07) is 17.5. The molecule has 0 unspecified atom stereocenters. The van der Waals surface area contributed by atoms with Gasteiger partial charge in [-0.1, -0.05) is 37.1 Å². The number of rotatable bonds is 4. The molecule has 138 valence electrons. The van der Waals surface area contributed by atoms with Gasteiger partial charge in [0, 0.05) is 11.1 Å². The SMILES string of the molecule is O=C(Nc1ccc(S(=O)(=O)C2CCCC2)cc1)c1ccc2ccccc2n1. The third-order valence-corrected chi connectivity index (χ3v) is 7.29. The van der Waals surface area contributed by atoms with Gasteiger partial charge >= 0.3 is 0 Å². The number of amides is 1. The smallest absolute Gasteiger partial charge is 0.274 e. The van der Waals surface area contributed by atoms with E-state index >= 15 is 0 Å². The van der Waals surface area contributed by atoms with Crippen molar-refractivity contribution < 1.29 is 13.2 Å². The van der Waals surface area contributed by atoms with E-state index in [1.165, 1.54) is 0 Å². The van der Waals surface area contributed by atoms with Crippen molar-refractivity contribution in [3.05, 3.63) is 66.4 Å². The zero-order valence-corrected chi connectivity index (χ0v) is 15.6. The van der Waals surface area contributed by atoms with E-state index in [1.54, 1.807) is 30.3 Å². The molecule has 1 saturated carbocycles. The van der Waals surface area contributed by atoms with E-state index in [4.69, 9.17) is 0 Å². The predicted octanol–water partition coefficient (Wildman–Crippen LogP) is 4.20. The molecule has 3 aromatic rings. The molecule has 2 aromatic carbocycles. The van der Waals surface area contributed by atoms with Gasteiger partial charge in [-0.25, -0.2) is 13.4 Å². The lowest BCUT2D eigenvalue weighted by Gasteiger charge is -2.12. The summed E-state index contributed by atoms with van der Waals surface area (Å²) in [5.74, 6) is -0.327. The minimum Gasteiger partial charge on any atom is -0.321 e. The van der Waals surface area contributed by atoms with E-state index in [0.717, 1.165) is 36.6 Å². The molecular weight excluding hydrogens is 360 g/mol. The highest BCUT2D eigenvalue weighted by Gasteiger charge is 2.30. The van der Waals surface area contributed by atoms with Crippen LogP contribution in [0.25, 0.3) is 10.9 Å². The Morgan fingerprint density at radius 2 is 1.63 bits per heavy atom. The number of nitrogens with zero attached hydrogens (tertiary/aromatic N) is 1. The van der Waals surface area contributed by atoms with Crippen molar-refractivity contribution in [3.8, 4) is 0 Å². The average Bonchev–Trinajstić information content (AvgIpc) is 3.24. The van der Waals surface area contributed by atoms with Crippen molar-refractivity contribution in [2.45, 2.75) is 35.8 Å². The number of nitrogens with one attached hydrogen (secondary N) is 1. The number of para-hydroxylation sites is 1. The number of pyridine rings is 1. The third-order valence-electron chi connectivity index (χ3n) is 5.01. The van der Waals surface area contributed by atoms with Crippen LogP contribution in [0, 0.1) is 0 Å². The quantitative estimate of drug-likeness (QED) is 0.736. The lowest BCUT2D eigenvalue weighted by Crippen LogP contribution is -2.18. The van der Waals surface area contributed by atoms with Crippen molar-refractivity contribution in [3.63, 3.8) is 0 Å². The second-order valence-corrected chi connectivity index (χ2v) is 9.05. The van der Waals surface area contributed by atoms with Gasteiger partial charge < -0.3 is 5.32 Å². The Morgan fingerprint density at radius 1 is 0.926 bits per heavy atom. The summed E-state index contributed by atoms with van der Waals surface area (Å²) in [6.07, 6.45) is 3.40. The van der Waals surface area contributed by atoms with Gasteiger partial charge in [0.25, 0.3) is 5.91 Å². The number of carbonyl (C=O) groups is 1. The van der Waals surface area contributed by atoms with E-state index < -0.39 is 9.84 Å². The molecule has 1 amide bonds. The number of hydrogen-bond donors (Lipinski definition) is 1. The van der Waals surface area contributed by atoms with Gasteiger partial charge in [-0.05, 0) is 49.2 Å². The van der Waals surface area contributed by atoms with Crippen LogP contribution in [0.15, 0.2) is 65.6 Å². The van der Waals surface area contributed by atoms with Crippen molar-refractivity contribution in [1.29, 1.82) is 0 Å². The highest BCUT2D eigenvalue weighted by molar-refractivity contribution is 7.92. The summed E-state index contributed by atoms with van der Waals surface area (Å²) in [4.78, 5) is 17.1. The number of hydrogen-bond acceptors (Lipinski definition) is 4. The molecule has 0 spiro atoms. The Bertz CT molecular complexity index is 1090. The summed E-state index contributed by atoms with van der Waals surface area (Å²) in [5, 5.41) is 3.46. The summed E-state index contributed by atoms with van der Waals surface area (Å²) in [6.45, 7) is 0. The summed E-state index contributed by atoms with van der Waals surface area (Å²) >= 11 is 0. The highest BCUT2D eigenvalue weighted by Crippen LogP contribution is 2.30. The Hall–Kier alpha value is -2.73. The van der Waals surface area contributed by atoms with Crippen LogP contribution in [0.1, 0.15) is 36.2 Å². The topological polar surface area (TPSA) is 76.1 Å². The van der Waals surface area contributed by atoms with Crippen LogP contribution < -0.4 is 5.32 Å². The lowest BCUT2D eigenvalue weighted by molar-refractivity contribution is 0.102. The fraction of sp³-hybridized carbons (Fsp3) is 0.238. The molecule has 4 rings (SSSR count). The fourth-order valence-corrected chi connectivity index (χ4v) is 5.36.